The predicted molar refractivity (Wildman–Crippen MR) is 76.6 cm³/mol. The molecule has 0 unspecified atom stereocenters. The maximum Gasteiger partial charge on any atom is 0.266 e. The van der Waals surface area contributed by atoms with Gasteiger partial charge in [0.2, 0.25) is 5.91 Å². The van der Waals surface area contributed by atoms with Crippen molar-refractivity contribution in [2.24, 2.45) is 11.7 Å². The number of nitrogens with one attached hydrogen (secondary N) is 1. The third kappa shape index (κ3) is 3.95. The van der Waals surface area contributed by atoms with Crippen LogP contribution >= 0.6 is 0 Å². The number of amides is 2. The number of likely N-dealkylation sites (tertiary alicyclic amines) is 1. The number of nitrogens with two attached hydrogens (primary N) is 1. The van der Waals surface area contributed by atoms with Gasteiger partial charge in [0.1, 0.15) is 11.6 Å². The number of rotatable bonds is 3. The number of carbonyl (C=O) groups excluding carboxylic acids is 2. The monoisotopic (exact) mass is 291 g/mol. The first-order valence-corrected chi connectivity index (χ1v) is 7.27. The van der Waals surface area contributed by atoms with Crippen LogP contribution < -0.4 is 11.1 Å². The van der Waals surface area contributed by atoms with Gasteiger partial charge in [-0.3, -0.25) is 9.59 Å². The highest BCUT2D eigenvalue weighted by Crippen LogP contribution is 2.18. The Labute approximate surface area is 124 Å². The molecule has 0 spiro atoms. The van der Waals surface area contributed by atoms with E-state index in [-0.39, 0.29) is 23.3 Å². The van der Waals surface area contributed by atoms with E-state index in [0.717, 1.165) is 13.1 Å². The van der Waals surface area contributed by atoms with E-state index < -0.39 is 0 Å². The van der Waals surface area contributed by atoms with Gasteiger partial charge in [0.15, 0.2) is 0 Å². The summed E-state index contributed by atoms with van der Waals surface area (Å²) in [7, 11) is 0. The van der Waals surface area contributed by atoms with Gasteiger partial charge in [-0.2, -0.15) is 5.26 Å². The molecule has 2 fully saturated rings. The first-order chi connectivity index (χ1) is 10.1. The molecule has 0 aliphatic carbocycles. The Kier molecular flexibility index (Phi) is 5.17. The van der Waals surface area contributed by atoms with Crippen LogP contribution in [0.5, 0.6) is 0 Å². The first-order valence-electron chi connectivity index (χ1n) is 7.27. The van der Waals surface area contributed by atoms with Gasteiger partial charge in [-0.1, -0.05) is 0 Å². The standard InChI is InChI=1S/C14H21N5O2/c15-9-12(14(21)19-7-3-17-4-8-19)10-18-5-1-11(2-6-18)13(16)20/h10-11,17H,1-8H2,(H2,16,20)/b12-10-. The average molecular weight is 291 g/mol. The third-order valence-electron chi connectivity index (χ3n) is 4.00. The Morgan fingerprint density at radius 3 is 2.33 bits per heavy atom. The van der Waals surface area contributed by atoms with Gasteiger partial charge in [-0.05, 0) is 12.8 Å². The molecule has 0 bridgehead atoms. The molecule has 0 saturated carbocycles. The first kappa shape index (κ1) is 15.3. The van der Waals surface area contributed by atoms with Crippen LogP contribution in [0.15, 0.2) is 11.8 Å². The molecule has 0 atom stereocenters. The molecule has 21 heavy (non-hydrogen) atoms. The van der Waals surface area contributed by atoms with Gasteiger partial charge in [0.05, 0.1) is 0 Å². The van der Waals surface area contributed by atoms with Gasteiger partial charge >= 0.3 is 0 Å². The molecule has 2 aliphatic rings. The lowest BCUT2D eigenvalue weighted by atomic mass is 9.96. The molecule has 2 saturated heterocycles. The predicted octanol–water partition coefficient (Wildman–Crippen LogP) is -0.977. The number of hydrogen-bond donors (Lipinski definition) is 2. The van der Waals surface area contributed by atoms with E-state index >= 15 is 0 Å². The molecule has 7 heteroatoms. The lowest BCUT2D eigenvalue weighted by molar-refractivity contribution is -0.127. The lowest BCUT2D eigenvalue weighted by Crippen LogP contribution is -2.47. The van der Waals surface area contributed by atoms with E-state index in [1.807, 2.05) is 11.0 Å². The second-order valence-electron chi connectivity index (χ2n) is 5.41. The van der Waals surface area contributed by atoms with Crippen LogP contribution in [0, 0.1) is 17.2 Å². The van der Waals surface area contributed by atoms with Crippen molar-refractivity contribution < 1.29 is 9.59 Å². The summed E-state index contributed by atoms with van der Waals surface area (Å²) >= 11 is 0. The summed E-state index contributed by atoms with van der Waals surface area (Å²) in [5, 5.41) is 12.4. The van der Waals surface area contributed by atoms with Crippen LogP contribution in [-0.4, -0.2) is 60.9 Å². The minimum atomic E-state index is -0.268. The van der Waals surface area contributed by atoms with Crippen molar-refractivity contribution in [3.63, 3.8) is 0 Å². The summed E-state index contributed by atoms with van der Waals surface area (Å²) in [6.45, 7) is 4.06. The Hall–Kier alpha value is -2.07. The van der Waals surface area contributed by atoms with E-state index in [2.05, 4.69) is 5.32 Å². The molecule has 2 rings (SSSR count). The van der Waals surface area contributed by atoms with Crippen LogP contribution in [0.4, 0.5) is 0 Å². The fraction of sp³-hybridized carbons (Fsp3) is 0.643. The number of piperazine rings is 1. The molecule has 2 amide bonds. The molecule has 114 valence electrons. The molecule has 0 aromatic rings. The molecule has 2 aliphatic heterocycles. The van der Waals surface area contributed by atoms with Gasteiger partial charge in [-0.15, -0.1) is 0 Å². The summed E-state index contributed by atoms with van der Waals surface area (Å²) in [4.78, 5) is 27.0. The highest BCUT2D eigenvalue weighted by atomic mass is 16.2. The van der Waals surface area contributed by atoms with E-state index in [1.54, 1.807) is 11.1 Å². The number of carbonyl (C=O) groups is 2. The van der Waals surface area contributed by atoms with Crippen molar-refractivity contribution in [3.05, 3.63) is 11.8 Å². The molecule has 0 aromatic heterocycles. The highest BCUT2D eigenvalue weighted by Gasteiger charge is 2.24. The highest BCUT2D eigenvalue weighted by molar-refractivity contribution is 5.97. The van der Waals surface area contributed by atoms with Crippen molar-refractivity contribution in [1.29, 1.82) is 5.26 Å². The summed E-state index contributed by atoms with van der Waals surface area (Å²) in [6.07, 6.45) is 2.97. The minimum absolute atomic E-state index is 0.0935. The quantitative estimate of drug-likeness (QED) is 0.514. The van der Waals surface area contributed by atoms with Crippen molar-refractivity contribution >= 4 is 11.8 Å². The lowest BCUT2D eigenvalue weighted by Gasteiger charge is -2.31. The second kappa shape index (κ2) is 7.09. The van der Waals surface area contributed by atoms with E-state index in [9.17, 15) is 14.9 Å². The van der Waals surface area contributed by atoms with Crippen molar-refractivity contribution in [2.45, 2.75) is 12.8 Å². The summed E-state index contributed by atoms with van der Waals surface area (Å²) < 4.78 is 0. The fourth-order valence-corrected chi connectivity index (χ4v) is 2.67. The van der Waals surface area contributed by atoms with E-state index in [4.69, 9.17) is 5.73 Å². The van der Waals surface area contributed by atoms with Crippen LogP contribution in [0.25, 0.3) is 0 Å². The second-order valence-corrected chi connectivity index (χ2v) is 5.41. The van der Waals surface area contributed by atoms with Crippen molar-refractivity contribution in [3.8, 4) is 6.07 Å². The Balaban J connectivity index is 1.96. The van der Waals surface area contributed by atoms with Gasteiger partial charge in [0.25, 0.3) is 5.91 Å². The van der Waals surface area contributed by atoms with E-state index in [1.165, 1.54) is 0 Å². The van der Waals surface area contributed by atoms with Crippen LogP contribution in [0.1, 0.15) is 12.8 Å². The third-order valence-corrected chi connectivity index (χ3v) is 4.00. The Bertz CT molecular complexity index is 468. The van der Waals surface area contributed by atoms with Crippen LogP contribution in [0.2, 0.25) is 0 Å². The zero-order chi connectivity index (χ0) is 15.2. The van der Waals surface area contributed by atoms with Gasteiger partial charge < -0.3 is 20.9 Å². The molecule has 3 N–H and O–H groups in total. The zero-order valence-corrected chi connectivity index (χ0v) is 12.0. The number of nitriles is 1. The van der Waals surface area contributed by atoms with E-state index in [0.29, 0.717) is 39.0 Å². The molecule has 0 aromatic carbocycles. The van der Waals surface area contributed by atoms with Crippen LogP contribution in [-0.2, 0) is 9.59 Å². The molecular formula is C14H21N5O2. The SMILES string of the molecule is N#C/C(=C/N1CCC(C(N)=O)CC1)C(=O)N1CCNCC1. The fourth-order valence-electron chi connectivity index (χ4n) is 2.67. The van der Waals surface area contributed by atoms with Crippen molar-refractivity contribution in [2.75, 3.05) is 39.3 Å². The summed E-state index contributed by atoms with van der Waals surface area (Å²) in [5.41, 5.74) is 5.46. The van der Waals surface area contributed by atoms with Crippen molar-refractivity contribution in [1.82, 2.24) is 15.1 Å². The molecule has 0 radical (unpaired) electrons. The topological polar surface area (TPSA) is 102 Å². The Morgan fingerprint density at radius 2 is 1.81 bits per heavy atom. The molecule has 2 heterocycles. The number of hydrogen-bond acceptors (Lipinski definition) is 5. The zero-order valence-electron chi connectivity index (χ0n) is 12.0. The number of nitrogens with zero attached hydrogens (tertiary/aromatic N) is 3. The number of primary amides is 1. The van der Waals surface area contributed by atoms with Crippen LogP contribution in [0.3, 0.4) is 0 Å². The van der Waals surface area contributed by atoms with Gasteiger partial charge in [0, 0.05) is 51.4 Å². The molecular weight excluding hydrogens is 270 g/mol. The maximum atomic E-state index is 12.3. The number of piperidine rings is 1. The summed E-state index contributed by atoms with van der Waals surface area (Å²) in [6, 6.07) is 2.00. The molecule has 7 nitrogen and oxygen atoms in total. The maximum absolute atomic E-state index is 12.3. The summed E-state index contributed by atoms with van der Waals surface area (Å²) in [5.74, 6) is -0.573. The average Bonchev–Trinajstić information content (AvgIpc) is 2.53. The Morgan fingerprint density at radius 1 is 1.19 bits per heavy atom. The largest absolute Gasteiger partial charge is 0.376 e. The van der Waals surface area contributed by atoms with Gasteiger partial charge in [-0.25, -0.2) is 0 Å². The minimum Gasteiger partial charge on any atom is -0.376 e. The smallest absolute Gasteiger partial charge is 0.266 e. The normalized spacial score (nSPS) is 21.0.